The van der Waals surface area contributed by atoms with Crippen molar-refractivity contribution < 1.29 is 9.80 Å². The first-order valence-corrected chi connectivity index (χ1v) is 8.01. The van der Waals surface area contributed by atoms with Gasteiger partial charge in [-0.15, -0.1) is 0 Å². The highest BCUT2D eigenvalue weighted by Crippen LogP contribution is 2.16. The SMILES string of the molecule is CC[C@@H](C)[NH+]1CC[NH+](Cc2c[nH]c3ccccc23)CC1. The fourth-order valence-electron chi connectivity index (χ4n) is 3.43. The maximum atomic E-state index is 3.40. The second-order valence-electron chi connectivity index (χ2n) is 6.25. The molecule has 3 heteroatoms. The van der Waals surface area contributed by atoms with Crippen molar-refractivity contribution in [3.05, 3.63) is 36.0 Å². The number of quaternary nitrogens is 2. The molecule has 3 rings (SSSR count). The van der Waals surface area contributed by atoms with Crippen molar-refractivity contribution in [1.29, 1.82) is 0 Å². The molecule has 3 nitrogen and oxygen atoms in total. The van der Waals surface area contributed by atoms with E-state index in [0.29, 0.717) is 0 Å². The number of aromatic nitrogens is 1. The Morgan fingerprint density at radius 3 is 2.65 bits per heavy atom. The number of piperazine rings is 1. The number of fused-ring (bicyclic) bond motifs is 1. The Balaban J connectivity index is 1.62. The van der Waals surface area contributed by atoms with Gasteiger partial charge in [0.05, 0.1) is 6.04 Å². The van der Waals surface area contributed by atoms with Crippen LogP contribution in [0.4, 0.5) is 0 Å². The van der Waals surface area contributed by atoms with E-state index < -0.39 is 0 Å². The summed E-state index contributed by atoms with van der Waals surface area (Å²) < 4.78 is 0. The molecule has 0 radical (unpaired) electrons. The van der Waals surface area contributed by atoms with Crippen LogP contribution in [0.5, 0.6) is 0 Å². The summed E-state index contributed by atoms with van der Waals surface area (Å²) in [6, 6.07) is 9.47. The van der Waals surface area contributed by atoms with Crippen molar-refractivity contribution in [3.8, 4) is 0 Å². The Morgan fingerprint density at radius 1 is 1.15 bits per heavy atom. The highest BCUT2D eigenvalue weighted by atomic mass is 15.3. The van der Waals surface area contributed by atoms with Crippen LogP contribution in [0.25, 0.3) is 10.9 Å². The second kappa shape index (κ2) is 5.98. The number of aromatic amines is 1. The molecule has 0 spiro atoms. The van der Waals surface area contributed by atoms with Crippen molar-refractivity contribution in [3.63, 3.8) is 0 Å². The lowest BCUT2D eigenvalue weighted by atomic mass is 10.1. The normalized spacial score (nSPS) is 24.9. The van der Waals surface area contributed by atoms with E-state index in [4.69, 9.17) is 0 Å². The molecule has 0 amide bonds. The molecule has 2 heterocycles. The van der Waals surface area contributed by atoms with Gasteiger partial charge in [-0.3, -0.25) is 0 Å². The van der Waals surface area contributed by atoms with Gasteiger partial charge >= 0.3 is 0 Å². The van der Waals surface area contributed by atoms with Gasteiger partial charge in [-0.05, 0) is 19.4 Å². The van der Waals surface area contributed by atoms with Gasteiger partial charge in [0.15, 0.2) is 0 Å². The van der Waals surface area contributed by atoms with E-state index in [1.165, 1.54) is 49.1 Å². The minimum atomic E-state index is 0.824. The quantitative estimate of drug-likeness (QED) is 0.712. The van der Waals surface area contributed by atoms with Crippen LogP contribution in [0.1, 0.15) is 25.8 Å². The molecule has 1 atom stereocenters. The van der Waals surface area contributed by atoms with Gasteiger partial charge in [0.1, 0.15) is 32.7 Å². The number of hydrogen-bond acceptors (Lipinski definition) is 0. The average molecular weight is 273 g/mol. The first kappa shape index (κ1) is 13.7. The summed E-state index contributed by atoms with van der Waals surface area (Å²) >= 11 is 0. The molecule has 0 unspecified atom stereocenters. The third kappa shape index (κ3) is 2.74. The van der Waals surface area contributed by atoms with E-state index in [1.54, 1.807) is 9.80 Å². The van der Waals surface area contributed by atoms with Crippen LogP contribution >= 0.6 is 0 Å². The molecule has 0 aliphatic carbocycles. The molecular weight excluding hydrogens is 246 g/mol. The van der Waals surface area contributed by atoms with Crippen molar-refractivity contribution in [2.45, 2.75) is 32.9 Å². The molecule has 2 aromatic rings. The Kier molecular flexibility index (Phi) is 4.08. The highest BCUT2D eigenvalue weighted by molar-refractivity contribution is 5.82. The minimum Gasteiger partial charge on any atom is -0.361 e. The van der Waals surface area contributed by atoms with Crippen LogP contribution in [0, 0.1) is 0 Å². The number of nitrogens with one attached hydrogen (secondary N) is 3. The zero-order valence-corrected chi connectivity index (χ0v) is 12.7. The molecule has 1 aromatic heterocycles. The molecule has 20 heavy (non-hydrogen) atoms. The number of H-pyrrole nitrogens is 1. The summed E-state index contributed by atoms with van der Waals surface area (Å²) in [5.41, 5.74) is 2.74. The molecular formula is C17H27N3+2. The minimum absolute atomic E-state index is 0.824. The molecule has 1 aliphatic heterocycles. The topological polar surface area (TPSA) is 24.7 Å². The van der Waals surface area contributed by atoms with Crippen molar-refractivity contribution >= 4 is 10.9 Å². The van der Waals surface area contributed by atoms with Crippen LogP contribution in [0.15, 0.2) is 30.5 Å². The Bertz CT molecular complexity index is 552. The van der Waals surface area contributed by atoms with Gasteiger partial charge in [0, 0.05) is 22.7 Å². The smallest absolute Gasteiger partial charge is 0.127 e. The number of benzene rings is 1. The second-order valence-corrected chi connectivity index (χ2v) is 6.25. The first-order chi connectivity index (χ1) is 9.78. The maximum Gasteiger partial charge on any atom is 0.127 e. The zero-order valence-electron chi connectivity index (χ0n) is 12.7. The predicted molar refractivity (Wildman–Crippen MR) is 83.1 cm³/mol. The third-order valence-corrected chi connectivity index (χ3v) is 5.02. The lowest BCUT2D eigenvalue weighted by molar-refractivity contribution is -1.03. The predicted octanol–water partition coefficient (Wildman–Crippen LogP) is 0.250. The van der Waals surface area contributed by atoms with Gasteiger partial charge in [-0.2, -0.15) is 0 Å². The fraction of sp³-hybridized carbons (Fsp3) is 0.529. The summed E-state index contributed by atoms with van der Waals surface area (Å²) in [6.45, 7) is 11.1. The number of rotatable bonds is 4. The lowest BCUT2D eigenvalue weighted by Crippen LogP contribution is -3.29. The summed E-state index contributed by atoms with van der Waals surface area (Å²) in [6.07, 6.45) is 3.50. The molecule has 1 aromatic carbocycles. The molecule has 3 N–H and O–H groups in total. The molecule has 1 saturated heterocycles. The van der Waals surface area contributed by atoms with Crippen LogP contribution < -0.4 is 9.80 Å². The van der Waals surface area contributed by atoms with E-state index in [9.17, 15) is 0 Å². The highest BCUT2D eigenvalue weighted by Gasteiger charge is 2.26. The van der Waals surface area contributed by atoms with Crippen LogP contribution in [-0.4, -0.2) is 37.2 Å². The molecule has 0 bridgehead atoms. The first-order valence-electron chi connectivity index (χ1n) is 8.01. The van der Waals surface area contributed by atoms with Crippen LogP contribution in [0.2, 0.25) is 0 Å². The van der Waals surface area contributed by atoms with E-state index in [-0.39, 0.29) is 0 Å². The van der Waals surface area contributed by atoms with E-state index in [1.807, 2.05) is 0 Å². The van der Waals surface area contributed by atoms with Gasteiger partial charge in [-0.25, -0.2) is 0 Å². The largest absolute Gasteiger partial charge is 0.361 e. The number of hydrogen-bond donors (Lipinski definition) is 3. The Hall–Kier alpha value is -1.32. The van der Waals surface area contributed by atoms with Crippen LogP contribution in [-0.2, 0) is 6.54 Å². The summed E-state index contributed by atoms with van der Waals surface area (Å²) in [5, 5.41) is 1.40. The summed E-state index contributed by atoms with van der Waals surface area (Å²) in [7, 11) is 0. The molecule has 1 fully saturated rings. The van der Waals surface area contributed by atoms with Gasteiger partial charge in [0.25, 0.3) is 0 Å². The van der Waals surface area contributed by atoms with E-state index >= 15 is 0 Å². The third-order valence-electron chi connectivity index (χ3n) is 5.02. The number of para-hydroxylation sites is 1. The Morgan fingerprint density at radius 2 is 1.90 bits per heavy atom. The zero-order chi connectivity index (χ0) is 13.9. The van der Waals surface area contributed by atoms with Crippen molar-refractivity contribution in [1.82, 2.24) is 4.98 Å². The van der Waals surface area contributed by atoms with Crippen molar-refractivity contribution in [2.24, 2.45) is 0 Å². The fourth-order valence-corrected chi connectivity index (χ4v) is 3.43. The molecule has 0 saturated carbocycles. The standard InChI is InChI=1S/C17H25N3/c1-3-14(2)20-10-8-19(9-11-20)13-15-12-18-17-7-5-4-6-16(15)17/h4-7,12,14,18H,3,8-11,13H2,1-2H3/p+2/t14-/m1/s1. The maximum absolute atomic E-state index is 3.40. The average Bonchev–Trinajstić information content (AvgIpc) is 2.91. The monoisotopic (exact) mass is 273 g/mol. The van der Waals surface area contributed by atoms with Gasteiger partial charge in [-0.1, -0.05) is 25.1 Å². The molecule has 1 aliphatic rings. The lowest BCUT2D eigenvalue weighted by Gasteiger charge is -2.32. The van der Waals surface area contributed by atoms with E-state index in [0.717, 1.165) is 12.6 Å². The Labute approximate surface area is 121 Å². The molecule has 108 valence electrons. The van der Waals surface area contributed by atoms with Gasteiger partial charge in [0.2, 0.25) is 0 Å². The summed E-state index contributed by atoms with van der Waals surface area (Å²) in [5.74, 6) is 0. The van der Waals surface area contributed by atoms with Crippen LogP contribution in [0.3, 0.4) is 0 Å². The summed E-state index contributed by atoms with van der Waals surface area (Å²) in [4.78, 5) is 6.93. The van der Waals surface area contributed by atoms with Crippen molar-refractivity contribution in [2.75, 3.05) is 26.2 Å². The van der Waals surface area contributed by atoms with E-state index in [2.05, 4.69) is 49.3 Å². The van der Waals surface area contributed by atoms with Gasteiger partial charge < -0.3 is 14.8 Å².